The van der Waals surface area contributed by atoms with Gasteiger partial charge in [0.25, 0.3) is 6.33 Å². The van der Waals surface area contributed by atoms with Gasteiger partial charge in [0, 0.05) is 60.4 Å². The first-order valence-corrected chi connectivity index (χ1v) is 30.9. The number of hydrogen-bond acceptors (Lipinski definition) is 3. The molecule has 426 valence electrons. The van der Waals surface area contributed by atoms with Crippen LogP contribution in [0, 0.1) is 0 Å². The number of rotatable bonds is 7. The van der Waals surface area contributed by atoms with Gasteiger partial charge >= 0.3 is 0 Å². The van der Waals surface area contributed by atoms with Gasteiger partial charge in [-0.05, 0) is 150 Å². The van der Waals surface area contributed by atoms with E-state index < -0.39 is 0 Å². The summed E-state index contributed by atoms with van der Waals surface area (Å²) < 4.78 is 16.8. The molecule has 0 unspecified atom stereocenters. The number of imidazole rings is 1. The predicted molar refractivity (Wildman–Crippen MR) is 359 cm³/mol. The van der Waals surface area contributed by atoms with Crippen molar-refractivity contribution in [2.45, 2.75) is 157 Å². The van der Waals surface area contributed by atoms with E-state index in [0.717, 1.165) is 56.1 Å². The van der Waals surface area contributed by atoms with Crippen LogP contribution in [0.2, 0.25) is 0 Å². The van der Waals surface area contributed by atoms with Crippen LogP contribution in [-0.2, 0) is 32.5 Å². The molecule has 0 amide bonds. The average Bonchev–Trinajstić information content (AvgIpc) is 1.52. The Morgan fingerprint density at radius 2 is 0.988 bits per heavy atom. The second-order valence-corrected chi connectivity index (χ2v) is 30.8. The van der Waals surface area contributed by atoms with E-state index in [1.165, 1.54) is 81.2 Å². The number of benzene rings is 8. The maximum absolute atomic E-state index is 7.06. The summed E-state index contributed by atoms with van der Waals surface area (Å²) in [5, 5.41) is 4.86. The summed E-state index contributed by atoms with van der Waals surface area (Å²) >= 11 is 1.85. The van der Waals surface area contributed by atoms with E-state index in [2.05, 4.69) is 308 Å². The van der Waals surface area contributed by atoms with Crippen LogP contribution in [0.1, 0.15) is 158 Å². The van der Waals surface area contributed by atoms with Crippen LogP contribution in [0.3, 0.4) is 0 Å². The summed E-state index contributed by atoms with van der Waals surface area (Å²) in [5.74, 6) is 2.39. The molecular formula is C78H83N4OS+. The highest BCUT2D eigenvalue weighted by molar-refractivity contribution is 7.26. The number of hydrogen-bond donors (Lipinski definition) is 0. The maximum Gasteiger partial charge on any atom is 0.255 e. The Morgan fingerprint density at radius 3 is 1.61 bits per heavy atom. The zero-order valence-electron chi connectivity index (χ0n) is 52.8. The summed E-state index contributed by atoms with van der Waals surface area (Å²) in [7, 11) is 0. The molecule has 0 aliphatic heterocycles. The van der Waals surface area contributed by atoms with Gasteiger partial charge in [0.15, 0.2) is 11.0 Å². The molecule has 0 aliphatic carbocycles. The molecule has 0 saturated heterocycles. The SMILES string of the molecule is CC(C)(C)c1ccnc(-n2c3cc(Oc4cccc(-n5c[n+](-c6c(-c7ccc(C(C)(C)C)cc7C(C)(C)C)cc(C(C)(C)C)cc6-c6ccc(C(C)(C)C)cc6C(C)(C)C)c6ccccc65)c4)ccc3c3ccc4sc5ccccc5c4c32)c1. The third-order valence-corrected chi connectivity index (χ3v) is 18.4. The Hall–Kier alpha value is -7.80. The summed E-state index contributed by atoms with van der Waals surface area (Å²) in [6.07, 6.45) is 4.28. The van der Waals surface area contributed by atoms with E-state index in [1.54, 1.807) is 0 Å². The van der Waals surface area contributed by atoms with Crippen molar-refractivity contribution in [1.82, 2.24) is 14.1 Å². The van der Waals surface area contributed by atoms with Gasteiger partial charge in [0.1, 0.15) is 28.7 Å². The number of nitrogens with zero attached hydrogens (tertiary/aromatic N) is 4. The number of fused-ring (bicyclic) bond motifs is 8. The lowest BCUT2D eigenvalue weighted by Gasteiger charge is -2.31. The number of thiophene rings is 1. The molecule has 0 saturated carbocycles. The minimum atomic E-state index is -0.156. The van der Waals surface area contributed by atoms with Gasteiger partial charge in [-0.25, -0.2) is 4.98 Å². The molecule has 4 aromatic heterocycles. The molecule has 4 heterocycles. The molecule has 12 rings (SSSR count). The van der Waals surface area contributed by atoms with Gasteiger partial charge < -0.3 is 4.74 Å². The second-order valence-electron chi connectivity index (χ2n) is 29.7. The van der Waals surface area contributed by atoms with E-state index in [0.29, 0.717) is 0 Å². The molecule has 8 aromatic carbocycles. The van der Waals surface area contributed by atoms with Gasteiger partial charge in [-0.3, -0.25) is 4.57 Å². The van der Waals surface area contributed by atoms with E-state index >= 15 is 0 Å². The fourth-order valence-corrected chi connectivity index (χ4v) is 13.5. The van der Waals surface area contributed by atoms with E-state index in [1.807, 2.05) is 17.5 Å². The Labute approximate surface area is 502 Å². The smallest absolute Gasteiger partial charge is 0.255 e. The zero-order chi connectivity index (χ0) is 59.8. The van der Waals surface area contributed by atoms with Crippen molar-refractivity contribution in [2.75, 3.05) is 0 Å². The predicted octanol–water partition coefficient (Wildman–Crippen LogP) is 21.7. The first kappa shape index (κ1) is 56.7. The molecule has 0 bridgehead atoms. The van der Waals surface area contributed by atoms with Crippen molar-refractivity contribution >= 4 is 64.3 Å². The van der Waals surface area contributed by atoms with Crippen LogP contribution in [0.15, 0.2) is 176 Å². The highest BCUT2D eigenvalue weighted by atomic mass is 32.1. The molecule has 0 radical (unpaired) electrons. The standard InChI is InChI=1S/C78H83N4OS/c1-73(2,3)48-30-33-55(62(42-48)77(13,14)15)60-40-51(76(10,11)12)41-61(56-34-31-49(74(4,5)6)43-63(56)78(16,17)18)71(60)81-47-80(64-27-20-21-28-65(64)81)52-24-23-25-53(45-52)83-54-32-35-57-58-36-37-68-70(59-26-19-22-29-67(59)84-68)72(58)82(66(57)46-54)69-44-50(38-39-79-69)75(7,8)9/h19-47H,1-18H3/q+1. The molecular weight excluding hydrogens is 1040 g/mol. The first-order chi connectivity index (χ1) is 39.4. The normalized spacial score (nSPS) is 13.1. The molecule has 84 heavy (non-hydrogen) atoms. The van der Waals surface area contributed by atoms with Crippen molar-refractivity contribution in [3.05, 3.63) is 210 Å². The van der Waals surface area contributed by atoms with Gasteiger partial charge in [0.05, 0.1) is 11.0 Å². The van der Waals surface area contributed by atoms with Crippen molar-refractivity contribution in [2.24, 2.45) is 0 Å². The largest absolute Gasteiger partial charge is 0.457 e. The van der Waals surface area contributed by atoms with E-state index in [-0.39, 0.29) is 32.5 Å². The quantitative estimate of drug-likeness (QED) is 0.149. The number of pyridine rings is 1. The maximum atomic E-state index is 7.06. The van der Waals surface area contributed by atoms with Crippen LogP contribution in [0.5, 0.6) is 11.5 Å². The Kier molecular flexibility index (Phi) is 13.4. The van der Waals surface area contributed by atoms with Crippen LogP contribution < -0.4 is 9.30 Å². The molecule has 0 aliphatic rings. The molecule has 0 spiro atoms. The highest BCUT2D eigenvalue weighted by Gasteiger charge is 2.34. The molecule has 5 nitrogen and oxygen atoms in total. The van der Waals surface area contributed by atoms with Crippen LogP contribution in [-0.4, -0.2) is 14.1 Å². The van der Waals surface area contributed by atoms with Crippen LogP contribution >= 0.6 is 11.3 Å². The minimum Gasteiger partial charge on any atom is -0.457 e. The van der Waals surface area contributed by atoms with Crippen LogP contribution in [0.4, 0.5) is 0 Å². The van der Waals surface area contributed by atoms with Gasteiger partial charge in [-0.1, -0.05) is 203 Å². The molecule has 0 fully saturated rings. The van der Waals surface area contributed by atoms with Crippen molar-refractivity contribution in [3.8, 4) is 50.9 Å². The third kappa shape index (κ3) is 10.1. The second kappa shape index (κ2) is 19.9. The molecule has 0 atom stereocenters. The van der Waals surface area contributed by atoms with Crippen molar-refractivity contribution < 1.29 is 9.30 Å². The van der Waals surface area contributed by atoms with Gasteiger partial charge in [0.2, 0.25) is 0 Å². The summed E-state index contributed by atoms with van der Waals surface area (Å²) in [6.45, 7) is 42.0. The van der Waals surface area contributed by atoms with Gasteiger partial charge in [-0.15, -0.1) is 11.3 Å². The molecule has 12 aromatic rings. The lowest BCUT2D eigenvalue weighted by atomic mass is 9.74. The summed E-state index contributed by atoms with van der Waals surface area (Å²) in [6, 6.07) is 61.4. The lowest BCUT2D eigenvalue weighted by molar-refractivity contribution is -0.566. The van der Waals surface area contributed by atoms with Crippen molar-refractivity contribution in [3.63, 3.8) is 0 Å². The number of ether oxygens (including phenoxy) is 1. The highest BCUT2D eigenvalue weighted by Crippen LogP contribution is 2.48. The Balaban J connectivity index is 1.07. The first-order valence-electron chi connectivity index (χ1n) is 30.1. The average molecular weight is 1120 g/mol. The third-order valence-electron chi connectivity index (χ3n) is 17.2. The molecule has 6 heteroatoms. The zero-order valence-corrected chi connectivity index (χ0v) is 53.7. The van der Waals surface area contributed by atoms with Crippen LogP contribution in [0.25, 0.3) is 92.5 Å². The van der Waals surface area contributed by atoms with Crippen molar-refractivity contribution in [1.29, 1.82) is 0 Å². The van der Waals surface area contributed by atoms with E-state index in [9.17, 15) is 0 Å². The van der Waals surface area contributed by atoms with Gasteiger partial charge in [-0.2, -0.15) is 9.13 Å². The number of aromatic nitrogens is 4. The lowest BCUT2D eigenvalue weighted by Crippen LogP contribution is -2.32. The summed E-state index contributed by atoms with van der Waals surface area (Å²) in [5.41, 5.74) is 18.8. The topological polar surface area (TPSA) is 35.9 Å². The minimum absolute atomic E-state index is 0.0215. The number of para-hydroxylation sites is 2. The fraction of sp³-hybridized carbons (Fsp3) is 0.308. The summed E-state index contributed by atoms with van der Waals surface area (Å²) in [4.78, 5) is 5.11. The monoisotopic (exact) mass is 1120 g/mol. The molecule has 0 N–H and O–H groups in total. The fourth-order valence-electron chi connectivity index (χ4n) is 12.4. The Morgan fingerprint density at radius 1 is 0.417 bits per heavy atom. The van der Waals surface area contributed by atoms with E-state index in [4.69, 9.17) is 9.72 Å². The Bertz CT molecular complexity index is 4480.